The van der Waals surface area contributed by atoms with Gasteiger partial charge >= 0.3 is 6.18 Å². The zero-order valence-corrected chi connectivity index (χ0v) is 18.0. The summed E-state index contributed by atoms with van der Waals surface area (Å²) in [4.78, 5) is 28.8. The van der Waals surface area contributed by atoms with Gasteiger partial charge in [-0.1, -0.05) is 18.6 Å². The molecule has 1 fully saturated rings. The molecule has 1 heterocycles. The van der Waals surface area contributed by atoms with Crippen molar-refractivity contribution in [3.05, 3.63) is 35.4 Å². The van der Waals surface area contributed by atoms with Crippen LogP contribution >= 0.6 is 0 Å². The highest BCUT2D eigenvalue weighted by Crippen LogP contribution is 2.29. The highest BCUT2D eigenvalue weighted by molar-refractivity contribution is 5.85. The van der Waals surface area contributed by atoms with Crippen molar-refractivity contribution < 1.29 is 22.8 Å². The zero-order chi connectivity index (χ0) is 22.3. The molecule has 1 aliphatic heterocycles. The molecule has 1 saturated heterocycles. The topological polar surface area (TPSA) is 52.7 Å². The second-order valence-corrected chi connectivity index (χ2v) is 7.89. The minimum Gasteiger partial charge on any atom is -0.344 e. The fourth-order valence-electron chi connectivity index (χ4n) is 3.85. The van der Waals surface area contributed by atoms with Gasteiger partial charge < -0.3 is 15.1 Å². The third-order valence-corrected chi connectivity index (χ3v) is 5.75. The monoisotopic (exact) mass is 427 g/mol. The first-order valence-electron chi connectivity index (χ1n) is 10.6. The van der Waals surface area contributed by atoms with Crippen LogP contribution in [-0.4, -0.2) is 54.3 Å². The summed E-state index contributed by atoms with van der Waals surface area (Å²) in [5.41, 5.74) is 0.0920. The van der Waals surface area contributed by atoms with Gasteiger partial charge in [0.1, 0.15) is 0 Å². The van der Waals surface area contributed by atoms with Crippen LogP contribution in [0.15, 0.2) is 24.3 Å². The number of halogens is 3. The number of carbonyl (C=O) groups is 2. The van der Waals surface area contributed by atoms with E-state index in [1.165, 1.54) is 12.1 Å². The molecular weight excluding hydrogens is 395 g/mol. The summed E-state index contributed by atoms with van der Waals surface area (Å²) in [5.74, 6) is -0.310. The molecule has 168 valence electrons. The maximum Gasteiger partial charge on any atom is 0.416 e. The van der Waals surface area contributed by atoms with Crippen molar-refractivity contribution >= 4 is 11.8 Å². The van der Waals surface area contributed by atoms with Crippen LogP contribution < -0.4 is 5.32 Å². The van der Waals surface area contributed by atoms with Crippen molar-refractivity contribution in [1.82, 2.24) is 15.1 Å². The molecular formula is C22H32F3N3O2. The number of carbonyl (C=O) groups excluding carboxylic acids is 2. The van der Waals surface area contributed by atoms with Crippen molar-refractivity contribution in [2.45, 2.75) is 58.3 Å². The van der Waals surface area contributed by atoms with Crippen LogP contribution in [0.2, 0.25) is 0 Å². The predicted octanol–water partition coefficient (Wildman–Crippen LogP) is 3.68. The van der Waals surface area contributed by atoms with Gasteiger partial charge in [-0.25, -0.2) is 0 Å². The molecule has 0 radical (unpaired) electrons. The van der Waals surface area contributed by atoms with Gasteiger partial charge in [0, 0.05) is 51.6 Å². The molecule has 1 N–H and O–H groups in total. The molecule has 0 aromatic heterocycles. The Morgan fingerprint density at radius 2 is 1.80 bits per heavy atom. The van der Waals surface area contributed by atoms with Crippen LogP contribution in [0.1, 0.15) is 50.7 Å². The molecule has 0 spiro atoms. The molecule has 2 amide bonds. The van der Waals surface area contributed by atoms with Crippen molar-refractivity contribution in [2.24, 2.45) is 5.92 Å². The predicted molar refractivity (Wildman–Crippen MR) is 110 cm³/mol. The summed E-state index contributed by atoms with van der Waals surface area (Å²) in [6.07, 6.45) is -1.86. The maximum atomic E-state index is 12.7. The number of nitrogens with one attached hydrogen (secondary N) is 1. The number of alkyl halides is 3. The van der Waals surface area contributed by atoms with Crippen LogP contribution in [0.5, 0.6) is 0 Å². The van der Waals surface area contributed by atoms with E-state index in [1.54, 1.807) is 16.8 Å². The van der Waals surface area contributed by atoms with Crippen LogP contribution in [0.3, 0.4) is 0 Å². The molecule has 0 aliphatic carbocycles. The molecule has 5 nitrogen and oxygen atoms in total. The van der Waals surface area contributed by atoms with Gasteiger partial charge in [0.25, 0.3) is 0 Å². The Morgan fingerprint density at radius 3 is 2.37 bits per heavy atom. The van der Waals surface area contributed by atoms with E-state index in [1.807, 2.05) is 13.8 Å². The summed E-state index contributed by atoms with van der Waals surface area (Å²) >= 11 is 0. The minimum absolute atomic E-state index is 0.0172. The first-order valence-corrected chi connectivity index (χ1v) is 10.6. The lowest BCUT2D eigenvalue weighted by molar-refractivity contribution is -0.140. The molecule has 1 aromatic carbocycles. The fraction of sp³-hybridized carbons (Fsp3) is 0.636. The second-order valence-electron chi connectivity index (χ2n) is 7.89. The van der Waals surface area contributed by atoms with E-state index in [9.17, 15) is 22.8 Å². The Balaban J connectivity index is 1.98. The highest BCUT2D eigenvalue weighted by atomic mass is 19.4. The van der Waals surface area contributed by atoms with Crippen molar-refractivity contribution in [1.29, 1.82) is 0 Å². The van der Waals surface area contributed by atoms with Gasteiger partial charge in [0.2, 0.25) is 11.8 Å². The number of nitrogens with zero attached hydrogens (tertiary/aromatic N) is 2. The smallest absolute Gasteiger partial charge is 0.344 e. The maximum absolute atomic E-state index is 12.7. The molecule has 8 heteroatoms. The largest absolute Gasteiger partial charge is 0.416 e. The average Bonchev–Trinajstić information content (AvgIpc) is 2.77. The number of amides is 2. The van der Waals surface area contributed by atoms with Crippen LogP contribution in [0.25, 0.3) is 0 Å². The molecule has 30 heavy (non-hydrogen) atoms. The Hall–Kier alpha value is -2.09. The van der Waals surface area contributed by atoms with Gasteiger partial charge in [-0.2, -0.15) is 13.2 Å². The van der Waals surface area contributed by atoms with E-state index in [-0.39, 0.29) is 30.2 Å². The Kier molecular flexibility index (Phi) is 8.70. The van der Waals surface area contributed by atoms with Crippen LogP contribution in [-0.2, 0) is 22.3 Å². The first-order chi connectivity index (χ1) is 14.2. The van der Waals surface area contributed by atoms with E-state index in [0.717, 1.165) is 30.5 Å². The average molecular weight is 428 g/mol. The third-order valence-electron chi connectivity index (χ3n) is 5.75. The van der Waals surface area contributed by atoms with E-state index in [0.29, 0.717) is 32.6 Å². The summed E-state index contributed by atoms with van der Waals surface area (Å²) in [6.45, 7) is 6.07. The quantitative estimate of drug-likeness (QED) is 0.754. The van der Waals surface area contributed by atoms with E-state index >= 15 is 0 Å². The number of likely N-dealkylation sites (N-methyl/N-ethyl adjacent to an activating group) is 1. The number of benzene rings is 1. The SMILES string of the molecule is CCN(CC)C(=O)[C@@H]1CCC[C@@H](NCc2ccc(C(F)(F)F)cc2)CN(C)C(=O)C1. The summed E-state index contributed by atoms with van der Waals surface area (Å²) in [5, 5.41) is 3.36. The fourth-order valence-corrected chi connectivity index (χ4v) is 3.85. The van der Waals surface area contributed by atoms with Crippen molar-refractivity contribution in [3.8, 4) is 0 Å². The van der Waals surface area contributed by atoms with Crippen LogP contribution in [0.4, 0.5) is 13.2 Å². The molecule has 1 aromatic rings. The van der Waals surface area contributed by atoms with Gasteiger partial charge in [-0.05, 0) is 44.4 Å². The molecule has 2 atom stereocenters. The van der Waals surface area contributed by atoms with E-state index in [2.05, 4.69) is 5.32 Å². The third kappa shape index (κ3) is 6.72. The number of rotatable bonds is 6. The van der Waals surface area contributed by atoms with E-state index in [4.69, 9.17) is 0 Å². The van der Waals surface area contributed by atoms with Gasteiger partial charge in [-0.15, -0.1) is 0 Å². The molecule has 1 aliphatic rings. The normalized spacial score (nSPS) is 21.0. The Bertz CT molecular complexity index is 703. The van der Waals surface area contributed by atoms with Crippen LogP contribution in [0, 0.1) is 5.92 Å². The van der Waals surface area contributed by atoms with Crippen molar-refractivity contribution in [3.63, 3.8) is 0 Å². The molecule has 0 bridgehead atoms. The van der Waals surface area contributed by atoms with Gasteiger partial charge in [0.05, 0.1) is 5.56 Å². The Labute approximate surface area is 176 Å². The number of hydrogen-bond donors (Lipinski definition) is 1. The molecule has 0 unspecified atom stereocenters. The van der Waals surface area contributed by atoms with Gasteiger partial charge in [0.15, 0.2) is 0 Å². The Morgan fingerprint density at radius 1 is 1.17 bits per heavy atom. The lowest BCUT2D eigenvalue weighted by atomic mass is 9.95. The zero-order valence-electron chi connectivity index (χ0n) is 18.0. The second kappa shape index (κ2) is 10.8. The minimum atomic E-state index is -4.34. The molecule has 2 rings (SSSR count). The summed E-state index contributed by atoms with van der Waals surface area (Å²) in [6, 6.07) is 5.12. The van der Waals surface area contributed by atoms with Gasteiger partial charge in [-0.3, -0.25) is 9.59 Å². The lowest BCUT2D eigenvalue weighted by Gasteiger charge is -2.26. The number of hydrogen-bond acceptors (Lipinski definition) is 3. The molecule has 0 saturated carbocycles. The summed E-state index contributed by atoms with van der Waals surface area (Å²) < 4.78 is 38.1. The first kappa shape index (κ1) is 24.2. The van der Waals surface area contributed by atoms with Crippen molar-refractivity contribution in [2.75, 3.05) is 26.7 Å². The highest BCUT2D eigenvalue weighted by Gasteiger charge is 2.30. The van der Waals surface area contributed by atoms with E-state index < -0.39 is 11.7 Å². The standard InChI is InChI=1S/C22H32F3N3O2/c1-4-28(5-2)21(30)17-7-6-8-19(15-27(3)20(29)13-17)26-14-16-9-11-18(12-10-16)22(23,24)25/h9-12,17,19,26H,4-8,13-15H2,1-3H3/t17-,19-/m1/s1. The summed E-state index contributed by atoms with van der Waals surface area (Å²) in [7, 11) is 1.74. The lowest BCUT2D eigenvalue weighted by Crippen LogP contribution is -2.42.